The molecule has 6 rings (SSSR count). The average Bonchev–Trinajstić information content (AvgIpc) is 3.55. The molecule has 1 aromatic carbocycles. The van der Waals surface area contributed by atoms with Crippen LogP contribution in [0.1, 0.15) is 0 Å². The molecule has 0 aliphatic carbocycles. The van der Waals surface area contributed by atoms with Crippen LogP contribution in [0, 0.1) is 0 Å². The second kappa shape index (κ2) is 7.11. The van der Waals surface area contributed by atoms with E-state index in [9.17, 15) is 0 Å². The summed E-state index contributed by atoms with van der Waals surface area (Å²) in [6.45, 7) is 0. The van der Waals surface area contributed by atoms with Gasteiger partial charge in [0.1, 0.15) is 31.1 Å². The first kappa shape index (κ1) is 17.4. The monoisotopic (exact) mass is 468 g/mol. The SMILES string of the molecule is c1csc(-c2cnc(-c3ccc(-c4ncc(-c5nccs5)s4)c4nsnc34)s2)n1. The number of benzene rings is 1. The molecule has 0 radical (unpaired) electrons. The summed E-state index contributed by atoms with van der Waals surface area (Å²) >= 11 is 7.68. The van der Waals surface area contributed by atoms with Crippen LogP contribution < -0.4 is 0 Å². The van der Waals surface area contributed by atoms with Crippen molar-refractivity contribution < 1.29 is 0 Å². The van der Waals surface area contributed by atoms with E-state index in [1.807, 2.05) is 35.5 Å². The van der Waals surface area contributed by atoms with Gasteiger partial charge >= 0.3 is 0 Å². The fourth-order valence-electron chi connectivity index (χ4n) is 2.90. The van der Waals surface area contributed by atoms with E-state index in [2.05, 4.69) is 40.8 Å². The number of hydrogen-bond donors (Lipinski definition) is 0. The summed E-state index contributed by atoms with van der Waals surface area (Å²) in [4.78, 5) is 20.1. The third-order valence-electron chi connectivity index (χ3n) is 4.17. The number of aromatic nitrogens is 6. The van der Waals surface area contributed by atoms with Gasteiger partial charge in [-0.2, -0.15) is 8.75 Å². The number of hydrogen-bond acceptors (Lipinski definition) is 11. The zero-order chi connectivity index (χ0) is 19.2. The molecule has 0 spiro atoms. The Hall–Kier alpha value is -2.44. The van der Waals surface area contributed by atoms with Gasteiger partial charge in [-0.3, -0.25) is 0 Å². The zero-order valence-electron chi connectivity index (χ0n) is 14.3. The first-order valence-corrected chi connectivity index (χ1v) is 12.5. The lowest BCUT2D eigenvalue weighted by Gasteiger charge is -2.02. The average molecular weight is 469 g/mol. The van der Waals surface area contributed by atoms with Crippen molar-refractivity contribution >= 4 is 68.1 Å². The molecule has 0 aliphatic rings. The number of fused-ring (bicyclic) bond motifs is 1. The second-order valence-corrected chi connectivity index (χ2v) is 10.2. The summed E-state index contributed by atoms with van der Waals surface area (Å²) in [5, 5.41) is 7.75. The summed E-state index contributed by atoms with van der Waals surface area (Å²) < 4.78 is 9.12. The van der Waals surface area contributed by atoms with Gasteiger partial charge in [0.15, 0.2) is 0 Å². The fourth-order valence-corrected chi connectivity index (χ4v) is 6.76. The van der Waals surface area contributed by atoms with Gasteiger partial charge in [0, 0.05) is 46.7 Å². The second-order valence-electron chi connectivity index (χ2n) is 5.86. The molecule has 0 atom stereocenters. The summed E-state index contributed by atoms with van der Waals surface area (Å²) in [5.41, 5.74) is 3.70. The van der Waals surface area contributed by atoms with Crippen molar-refractivity contribution in [2.45, 2.75) is 0 Å². The Labute approximate surface area is 184 Å². The van der Waals surface area contributed by atoms with Crippen molar-refractivity contribution in [3.05, 3.63) is 47.7 Å². The molecule has 0 bridgehead atoms. The third kappa shape index (κ3) is 3.02. The van der Waals surface area contributed by atoms with Crippen LogP contribution in [0.2, 0.25) is 0 Å². The van der Waals surface area contributed by atoms with Gasteiger partial charge in [-0.1, -0.05) is 0 Å². The van der Waals surface area contributed by atoms with Crippen LogP contribution in [-0.4, -0.2) is 28.7 Å². The maximum Gasteiger partial charge on any atom is 0.134 e. The van der Waals surface area contributed by atoms with E-state index in [0.29, 0.717) is 0 Å². The van der Waals surface area contributed by atoms with Crippen LogP contribution in [0.3, 0.4) is 0 Å². The molecule has 0 saturated carbocycles. The summed E-state index contributed by atoms with van der Waals surface area (Å²) in [7, 11) is 0. The number of rotatable bonds is 4. The van der Waals surface area contributed by atoms with E-state index in [1.165, 1.54) is 11.7 Å². The van der Waals surface area contributed by atoms with E-state index in [-0.39, 0.29) is 0 Å². The molecule has 6 nitrogen and oxygen atoms in total. The summed E-state index contributed by atoms with van der Waals surface area (Å²) in [6, 6.07) is 4.13. The summed E-state index contributed by atoms with van der Waals surface area (Å²) in [6.07, 6.45) is 7.37. The summed E-state index contributed by atoms with van der Waals surface area (Å²) in [5.74, 6) is 0. The minimum absolute atomic E-state index is 0.860. The van der Waals surface area contributed by atoms with Gasteiger partial charge in [-0.15, -0.1) is 45.3 Å². The van der Waals surface area contributed by atoms with E-state index in [1.54, 1.807) is 45.3 Å². The predicted molar refractivity (Wildman–Crippen MR) is 122 cm³/mol. The van der Waals surface area contributed by atoms with E-state index in [4.69, 9.17) is 0 Å². The van der Waals surface area contributed by atoms with Crippen LogP contribution >= 0.6 is 57.1 Å². The highest BCUT2D eigenvalue weighted by Crippen LogP contribution is 2.40. The van der Waals surface area contributed by atoms with E-state index < -0.39 is 0 Å². The highest BCUT2D eigenvalue weighted by molar-refractivity contribution is 7.23. The molecule has 0 fully saturated rings. The Bertz CT molecular complexity index is 1300. The molecular weight excluding hydrogens is 461 g/mol. The number of thiazole rings is 4. The highest BCUT2D eigenvalue weighted by Gasteiger charge is 2.18. The highest BCUT2D eigenvalue weighted by atomic mass is 32.1. The molecule has 29 heavy (non-hydrogen) atoms. The first-order valence-electron chi connectivity index (χ1n) is 8.34. The molecule has 5 heterocycles. The Morgan fingerprint density at radius 1 is 0.586 bits per heavy atom. The van der Waals surface area contributed by atoms with Crippen LogP contribution in [0.15, 0.2) is 47.7 Å². The third-order valence-corrected chi connectivity index (χ3v) is 8.65. The normalized spacial score (nSPS) is 11.4. The lowest BCUT2D eigenvalue weighted by molar-refractivity contribution is 1.38. The lowest BCUT2D eigenvalue weighted by Crippen LogP contribution is -1.84. The largest absolute Gasteiger partial charge is 0.244 e. The lowest BCUT2D eigenvalue weighted by atomic mass is 10.1. The Morgan fingerprint density at radius 3 is 1.55 bits per heavy atom. The molecule has 5 aromatic heterocycles. The van der Waals surface area contributed by atoms with E-state index >= 15 is 0 Å². The molecule has 6 aromatic rings. The van der Waals surface area contributed by atoms with Gasteiger partial charge in [0.05, 0.1) is 21.5 Å². The molecule has 0 amide bonds. The van der Waals surface area contributed by atoms with Crippen molar-refractivity contribution in [1.29, 1.82) is 0 Å². The fraction of sp³-hybridized carbons (Fsp3) is 0. The molecule has 0 unspecified atom stereocenters. The van der Waals surface area contributed by atoms with Crippen LogP contribution in [0.4, 0.5) is 0 Å². The molecule has 140 valence electrons. The van der Waals surface area contributed by atoms with Crippen LogP contribution in [0.25, 0.3) is 51.9 Å². The topological polar surface area (TPSA) is 77.3 Å². The van der Waals surface area contributed by atoms with Gasteiger partial charge in [0.2, 0.25) is 0 Å². The van der Waals surface area contributed by atoms with Crippen LogP contribution in [-0.2, 0) is 0 Å². The van der Waals surface area contributed by atoms with Crippen LogP contribution in [0.5, 0.6) is 0 Å². The maximum absolute atomic E-state index is 4.61. The Balaban J connectivity index is 1.44. The maximum atomic E-state index is 4.61. The van der Waals surface area contributed by atoms with Gasteiger partial charge < -0.3 is 0 Å². The van der Waals surface area contributed by atoms with E-state index in [0.717, 1.165) is 51.9 Å². The minimum Gasteiger partial charge on any atom is -0.244 e. The van der Waals surface area contributed by atoms with Crippen molar-refractivity contribution in [1.82, 2.24) is 28.7 Å². The predicted octanol–water partition coefficient (Wildman–Crippen LogP) is 6.19. The minimum atomic E-state index is 0.860. The Kier molecular flexibility index (Phi) is 4.27. The number of nitrogens with zero attached hydrogens (tertiary/aromatic N) is 6. The van der Waals surface area contributed by atoms with Crippen molar-refractivity contribution in [3.8, 4) is 40.9 Å². The molecular formula is C18H8N6S5. The quantitative estimate of drug-likeness (QED) is 0.307. The smallest absolute Gasteiger partial charge is 0.134 e. The van der Waals surface area contributed by atoms with Crippen molar-refractivity contribution in [2.75, 3.05) is 0 Å². The Morgan fingerprint density at radius 2 is 1.10 bits per heavy atom. The van der Waals surface area contributed by atoms with Gasteiger partial charge in [-0.25, -0.2) is 19.9 Å². The van der Waals surface area contributed by atoms with Gasteiger partial charge in [-0.05, 0) is 12.1 Å². The standard InChI is InChI=1S/C18H8N6S5/c1-2-10(16-22-8-12(28-16)18-20-4-6-26-18)14-13(23-29-24-14)9(1)15-21-7-11(27-15)17-19-3-5-25-17/h1-8H. The van der Waals surface area contributed by atoms with Gasteiger partial charge in [0.25, 0.3) is 0 Å². The zero-order valence-corrected chi connectivity index (χ0v) is 18.4. The molecule has 0 saturated heterocycles. The van der Waals surface area contributed by atoms with Crippen molar-refractivity contribution in [3.63, 3.8) is 0 Å². The molecule has 11 heteroatoms. The van der Waals surface area contributed by atoms with Crippen molar-refractivity contribution in [2.24, 2.45) is 0 Å². The molecule has 0 aliphatic heterocycles. The first-order chi connectivity index (χ1) is 14.4. The molecule has 0 N–H and O–H groups in total.